The molecule has 6 nitrogen and oxygen atoms in total. The minimum atomic E-state index is -0.807. The van der Waals surface area contributed by atoms with Gasteiger partial charge in [0.1, 0.15) is 5.82 Å². The summed E-state index contributed by atoms with van der Waals surface area (Å²) < 4.78 is 15.4. The smallest absolute Gasteiger partial charge is 0.290 e. The average molecular weight is 476 g/mol. The van der Waals surface area contributed by atoms with Crippen molar-refractivity contribution in [3.63, 3.8) is 0 Å². The highest BCUT2D eigenvalue weighted by Crippen LogP contribution is 2.43. The molecule has 8 heteroatoms. The van der Waals surface area contributed by atoms with Crippen LogP contribution in [-0.4, -0.2) is 31.2 Å². The highest BCUT2D eigenvalue weighted by atomic mass is 32.1. The fourth-order valence-corrected chi connectivity index (χ4v) is 5.49. The minimum absolute atomic E-state index is 0.0372. The van der Waals surface area contributed by atoms with Crippen LogP contribution in [0.4, 0.5) is 4.39 Å². The van der Waals surface area contributed by atoms with Crippen molar-refractivity contribution in [1.29, 1.82) is 0 Å². The van der Waals surface area contributed by atoms with Crippen LogP contribution >= 0.6 is 11.3 Å². The molecular weight excluding hydrogens is 453 g/mol. The summed E-state index contributed by atoms with van der Waals surface area (Å²) in [7, 11) is 1.90. The number of aliphatic hydroxyl groups excluding tert-OH is 1. The lowest BCUT2D eigenvalue weighted by atomic mass is 9.94. The number of hydrogen-bond donors (Lipinski definition) is 1. The Hall–Kier alpha value is -3.78. The third-order valence-corrected chi connectivity index (χ3v) is 7.22. The molecule has 1 aliphatic rings. The van der Waals surface area contributed by atoms with Crippen LogP contribution in [0.2, 0.25) is 0 Å². The van der Waals surface area contributed by atoms with Crippen molar-refractivity contribution in [3.05, 3.63) is 98.6 Å². The molecule has 3 heterocycles. The second-order valence-corrected chi connectivity index (χ2v) is 9.62. The Morgan fingerprint density at radius 1 is 1.15 bits per heavy atom. The maximum absolute atomic E-state index is 13.7. The Bertz CT molecular complexity index is 1480. The lowest BCUT2D eigenvalue weighted by Gasteiger charge is -2.26. The van der Waals surface area contributed by atoms with Gasteiger partial charge in [0, 0.05) is 36.3 Å². The summed E-state index contributed by atoms with van der Waals surface area (Å²) in [5, 5.41) is 12.6. The van der Waals surface area contributed by atoms with E-state index in [9.17, 15) is 19.1 Å². The lowest BCUT2D eigenvalue weighted by molar-refractivity contribution is -0.130. The van der Waals surface area contributed by atoms with E-state index in [1.54, 1.807) is 19.1 Å². The molecule has 1 unspecified atom stereocenters. The van der Waals surface area contributed by atoms with Gasteiger partial charge in [0.2, 0.25) is 5.78 Å². The van der Waals surface area contributed by atoms with Crippen molar-refractivity contribution in [1.82, 2.24) is 14.5 Å². The number of rotatable bonds is 5. The van der Waals surface area contributed by atoms with E-state index in [4.69, 9.17) is 0 Å². The highest BCUT2D eigenvalue weighted by molar-refractivity contribution is 7.14. The fourth-order valence-electron chi connectivity index (χ4n) is 4.61. The number of nitrogens with zero attached hydrogens (tertiary/aromatic N) is 3. The number of Topliss-reactive ketones (excluding diaryl/α,β-unsaturated/α-hetero) is 1. The second-order valence-electron chi connectivity index (χ2n) is 8.41. The molecule has 0 aliphatic carbocycles. The number of carbonyl (C=O) groups excluding carboxylic acids is 2. The maximum atomic E-state index is 13.7. The molecule has 5 rings (SSSR count). The van der Waals surface area contributed by atoms with Crippen molar-refractivity contribution < 1.29 is 19.1 Å². The van der Waals surface area contributed by atoms with Gasteiger partial charge in [0.05, 0.1) is 27.2 Å². The molecule has 1 amide bonds. The Labute approximate surface area is 199 Å². The first kappa shape index (κ1) is 22.0. The Balaban J connectivity index is 1.68. The van der Waals surface area contributed by atoms with Gasteiger partial charge in [-0.15, -0.1) is 11.3 Å². The van der Waals surface area contributed by atoms with E-state index in [-0.39, 0.29) is 17.9 Å². The van der Waals surface area contributed by atoms with Crippen LogP contribution in [0.1, 0.15) is 37.5 Å². The normalized spacial score (nSPS) is 16.2. The SMILES string of the molecule is Cc1nc(C)c(C(=O)C2=C(O)C(=O)N(Cc3ccc(F)cc3)C2c2cn(C)c3ccccc23)s1. The molecule has 0 bridgehead atoms. The standard InChI is InChI=1S/C26H22FN3O3S/c1-14-25(34-15(2)28-14)23(31)21-22(19-13-29(3)20-7-5-4-6-18(19)20)30(26(33)24(21)32)12-16-8-10-17(27)11-9-16/h4-11,13,22,32H,12H2,1-3H3. The van der Waals surface area contributed by atoms with Crippen LogP contribution < -0.4 is 0 Å². The summed E-state index contributed by atoms with van der Waals surface area (Å²) in [6.45, 7) is 3.66. The summed E-state index contributed by atoms with van der Waals surface area (Å²) in [6, 6.07) is 12.7. The van der Waals surface area contributed by atoms with Gasteiger partial charge < -0.3 is 14.6 Å². The number of benzene rings is 2. The summed E-state index contributed by atoms with van der Waals surface area (Å²) in [6.07, 6.45) is 1.89. The Morgan fingerprint density at radius 3 is 2.53 bits per heavy atom. The van der Waals surface area contributed by atoms with Crippen LogP contribution in [0.25, 0.3) is 10.9 Å². The van der Waals surface area contributed by atoms with Gasteiger partial charge in [-0.1, -0.05) is 30.3 Å². The number of hydrogen-bond acceptors (Lipinski definition) is 5. The van der Waals surface area contributed by atoms with Gasteiger partial charge in [0.15, 0.2) is 5.76 Å². The number of ketones is 1. The number of fused-ring (bicyclic) bond motifs is 1. The predicted octanol–water partition coefficient (Wildman–Crippen LogP) is 5.17. The molecule has 2 aromatic carbocycles. The van der Waals surface area contributed by atoms with Crippen LogP contribution in [0.5, 0.6) is 0 Å². The second kappa shape index (κ2) is 8.22. The van der Waals surface area contributed by atoms with Gasteiger partial charge in [-0.2, -0.15) is 0 Å². The van der Waals surface area contributed by atoms with E-state index in [2.05, 4.69) is 4.98 Å². The van der Waals surface area contributed by atoms with E-state index in [1.165, 1.54) is 28.4 Å². The number of carbonyl (C=O) groups is 2. The number of amides is 1. The highest BCUT2D eigenvalue weighted by Gasteiger charge is 2.45. The van der Waals surface area contributed by atoms with Crippen LogP contribution in [-0.2, 0) is 18.4 Å². The number of halogens is 1. The zero-order chi connectivity index (χ0) is 24.1. The van der Waals surface area contributed by atoms with Crippen molar-refractivity contribution in [3.8, 4) is 0 Å². The summed E-state index contributed by atoms with van der Waals surface area (Å²) in [4.78, 5) is 33.3. The maximum Gasteiger partial charge on any atom is 0.290 e. The zero-order valence-electron chi connectivity index (χ0n) is 18.9. The molecule has 2 aromatic heterocycles. The third-order valence-electron chi connectivity index (χ3n) is 6.15. The van der Waals surface area contributed by atoms with E-state index in [0.29, 0.717) is 16.1 Å². The number of aliphatic hydroxyl groups is 1. The lowest BCUT2D eigenvalue weighted by Crippen LogP contribution is -2.30. The van der Waals surface area contributed by atoms with Crippen molar-refractivity contribution in [2.75, 3.05) is 0 Å². The quantitative estimate of drug-likeness (QED) is 0.404. The van der Waals surface area contributed by atoms with Gasteiger partial charge in [-0.3, -0.25) is 9.59 Å². The molecule has 0 radical (unpaired) electrons. The molecule has 0 saturated heterocycles. The van der Waals surface area contributed by atoms with E-state index >= 15 is 0 Å². The largest absolute Gasteiger partial charge is 0.503 e. The summed E-state index contributed by atoms with van der Waals surface area (Å²) in [5.41, 5.74) is 2.96. The van der Waals surface area contributed by atoms with Gasteiger partial charge in [-0.05, 0) is 37.6 Å². The zero-order valence-corrected chi connectivity index (χ0v) is 19.7. The monoisotopic (exact) mass is 475 g/mol. The van der Waals surface area contributed by atoms with Crippen molar-refractivity contribution in [2.45, 2.75) is 26.4 Å². The topological polar surface area (TPSA) is 75.4 Å². The first-order valence-electron chi connectivity index (χ1n) is 10.8. The molecule has 1 N–H and O–H groups in total. The predicted molar refractivity (Wildman–Crippen MR) is 128 cm³/mol. The number of aryl methyl sites for hydroxylation is 3. The van der Waals surface area contributed by atoms with Gasteiger partial charge >= 0.3 is 0 Å². The molecule has 34 heavy (non-hydrogen) atoms. The molecule has 0 spiro atoms. The van der Waals surface area contributed by atoms with E-state index < -0.39 is 23.5 Å². The molecule has 1 atom stereocenters. The number of para-hydroxylation sites is 1. The van der Waals surface area contributed by atoms with Crippen molar-refractivity contribution in [2.24, 2.45) is 7.05 Å². The van der Waals surface area contributed by atoms with E-state index in [1.807, 2.05) is 49.0 Å². The minimum Gasteiger partial charge on any atom is -0.503 e. The first-order chi connectivity index (χ1) is 16.3. The van der Waals surface area contributed by atoms with Gasteiger partial charge in [-0.25, -0.2) is 9.37 Å². The molecule has 0 fully saturated rings. The Morgan fingerprint density at radius 2 is 1.85 bits per heavy atom. The molecule has 1 aliphatic heterocycles. The molecule has 0 saturated carbocycles. The first-order valence-corrected chi connectivity index (χ1v) is 11.6. The molecular formula is C26H22FN3O3S. The summed E-state index contributed by atoms with van der Waals surface area (Å²) in [5.74, 6) is -1.98. The van der Waals surface area contributed by atoms with Crippen molar-refractivity contribution >= 4 is 33.9 Å². The Kier molecular flexibility index (Phi) is 5.32. The molecule has 4 aromatic rings. The fraction of sp³-hybridized carbons (Fsp3) is 0.192. The van der Waals surface area contributed by atoms with Crippen LogP contribution in [0, 0.1) is 19.7 Å². The number of aromatic nitrogens is 2. The number of thiazole rings is 1. The van der Waals surface area contributed by atoms with E-state index in [0.717, 1.165) is 21.5 Å². The molecule has 172 valence electrons. The van der Waals surface area contributed by atoms with Gasteiger partial charge in [0.25, 0.3) is 5.91 Å². The van der Waals surface area contributed by atoms with Crippen LogP contribution in [0.3, 0.4) is 0 Å². The van der Waals surface area contributed by atoms with Crippen LogP contribution in [0.15, 0.2) is 66.1 Å². The third kappa shape index (κ3) is 3.51. The summed E-state index contributed by atoms with van der Waals surface area (Å²) >= 11 is 1.24. The average Bonchev–Trinajstić information content (AvgIpc) is 3.41.